The minimum atomic E-state index is -1.22. The topological polar surface area (TPSA) is 172 Å². The number of anilines is 1. The van der Waals surface area contributed by atoms with Gasteiger partial charge in [0.2, 0.25) is 12.5 Å². The van der Waals surface area contributed by atoms with Crippen LogP contribution in [0.5, 0.6) is 28.7 Å². The first-order chi connectivity index (χ1) is 23.7. The van der Waals surface area contributed by atoms with Crippen molar-refractivity contribution < 1.29 is 47.6 Å². The molecule has 5 aromatic rings. The molecule has 1 aliphatic rings. The van der Waals surface area contributed by atoms with Crippen molar-refractivity contribution in [1.82, 2.24) is 5.32 Å². The summed E-state index contributed by atoms with van der Waals surface area (Å²) in [5.41, 5.74) is 1.56. The Hall–Kier alpha value is -6.50. The number of aliphatic carboxylic acids is 1. The van der Waals surface area contributed by atoms with Crippen LogP contribution in [0.15, 0.2) is 94.1 Å². The first-order valence-corrected chi connectivity index (χ1v) is 15.0. The second-order valence-electron chi connectivity index (χ2n) is 10.8. The number of carboxylic acids is 1. The van der Waals surface area contributed by atoms with E-state index in [1.807, 2.05) is 0 Å². The summed E-state index contributed by atoms with van der Waals surface area (Å²) in [6.45, 7) is -0.549. The minimum absolute atomic E-state index is 0.0273. The van der Waals surface area contributed by atoms with E-state index in [4.69, 9.17) is 28.1 Å². The summed E-state index contributed by atoms with van der Waals surface area (Å²) in [5, 5.41) is 14.9. The molecule has 0 saturated carbocycles. The standard InChI is InChI=1S/C36H30N2O11/c1-44-30-17-29-32(34(33(30)45-2)46-18-31(40)38-24(36(42)43)13-20-7-4-3-5-8-20)25(39)16-27(49-29)21-9-6-10-23(14-21)37-35(41)22-11-12-26-28(15-22)48-19-47-26/h3-12,14-17,24H,13,18-19H2,1-2H3,(H,37,41)(H,38,40)(H,42,43)/t24-/m0/s1. The molecule has 1 aromatic heterocycles. The molecule has 6 rings (SSSR count). The van der Waals surface area contributed by atoms with Crippen LogP contribution in [-0.2, 0) is 16.0 Å². The van der Waals surface area contributed by atoms with E-state index in [1.54, 1.807) is 72.8 Å². The summed E-state index contributed by atoms with van der Waals surface area (Å²) in [6, 6.07) is 21.9. The number of ether oxygens (including phenoxy) is 5. The Bertz CT molecular complexity index is 2110. The number of hydrogen-bond donors (Lipinski definition) is 3. The Kier molecular flexibility index (Phi) is 9.33. The molecule has 0 unspecified atom stereocenters. The van der Waals surface area contributed by atoms with E-state index in [0.29, 0.717) is 28.3 Å². The third kappa shape index (κ3) is 7.10. The summed E-state index contributed by atoms with van der Waals surface area (Å²) in [4.78, 5) is 51.3. The highest BCUT2D eigenvalue weighted by Crippen LogP contribution is 2.43. The van der Waals surface area contributed by atoms with E-state index in [1.165, 1.54) is 26.4 Å². The van der Waals surface area contributed by atoms with Crippen LogP contribution in [0.3, 0.4) is 0 Å². The molecule has 1 atom stereocenters. The average Bonchev–Trinajstić information content (AvgIpc) is 3.58. The largest absolute Gasteiger partial charge is 0.493 e. The average molecular weight is 667 g/mol. The van der Waals surface area contributed by atoms with Crippen molar-refractivity contribution in [3.63, 3.8) is 0 Å². The van der Waals surface area contributed by atoms with Gasteiger partial charge in [0.1, 0.15) is 22.8 Å². The second kappa shape index (κ2) is 14.1. The van der Waals surface area contributed by atoms with E-state index in [-0.39, 0.29) is 53.1 Å². The fraction of sp³-hybridized carbons (Fsp3) is 0.167. The maximum atomic E-state index is 13.6. The third-order valence-electron chi connectivity index (χ3n) is 7.62. The van der Waals surface area contributed by atoms with Crippen molar-refractivity contribution >= 4 is 34.4 Å². The van der Waals surface area contributed by atoms with Gasteiger partial charge in [-0.1, -0.05) is 42.5 Å². The first-order valence-electron chi connectivity index (χ1n) is 15.0. The third-order valence-corrected chi connectivity index (χ3v) is 7.62. The molecule has 3 N–H and O–H groups in total. The Balaban J connectivity index is 1.25. The lowest BCUT2D eigenvalue weighted by molar-refractivity contribution is -0.142. The molecule has 0 bridgehead atoms. The molecular weight excluding hydrogens is 636 g/mol. The van der Waals surface area contributed by atoms with Crippen molar-refractivity contribution in [2.75, 3.05) is 32.9 Å². The van der Waals surface area contributed by atoms with Gasteiger partial charge in [-0.3, -0.25) is 14.4 Å². The number of amides is 2. The highest BCUT2D eigenvalue weighted by atomic mass is 16.7. The molecule has 13 nitrogen and oxygen atoms in total. The van der Waals surface area contributed by atoms with E-state index in [2.05, 4.69) is 10.6 Å². The number of benzene rings is 4. The van der Waals surface area contributed by atoms with Crippen LogP contribution in [-0.4, -0.2) is 56.6 Å². The van der Waals surface area contributed by atoms with Crippen molar-refractivity contribution in [2.45, 2.75) is 12.5 Å². The second-order valence-corrected chi connectivity index (χ2v) is 10.8. The zero-order valence-electron chi connectivity index (χ0n) is 26.3. The van der Waals surface area contributed by atoms with Gasteiger partial charge < -0.3 is 43.8 Å². The predicted octanol–water partition coefficient (Wildman–Crippen LogP) is 4.65. The van der Waals surface area contributed by atoms with Crippen LogP contribution in [0, 0.1) is 0 Å². The lowest BCUT2D eigenvalue weighted by atomic mass is 10.1. The van der Waals surface area contributed by atoms with Crippen LogP contribution in [0.2, 0.25) is 0 Å². The van der Waals surface area contributed by atoms with Gasteiger partial charge in [0, 0.05) is 35.4 Å². The number of nitrogens with one attached hydrogen (secondary N) is 2. The minimum Gasteiger partial charge on any atom is -0.493 e. The van der Waals surface area contributed by atoms with Crippen LogP contribution in [0.25, 0.3) is 22.3 Å². The van der Waals surface area contributed by atoms with Gasteiger partial charge >= 0.3 is 5.97 Å². The Morgan fingerprint density at radius 1 is 0.878 bits per heavy atom. The maximum Gasteiger partial charge on any atom is 0.326 e. The highest BCUT2D eigenvalue weighted by Gasteiger charge is 2.25. The Labute approximate surface area is 278 Å². The van der Waals surface area contributed by atoms with Crippen LogP contribution >= 0.6 is 0 Å². The first kappa shape index (κ1) is 32.4. The molecule has 2 heterocycles. The molecule has 0 radical (unpaired) electrons. The van der Waals surface area contributed by atoms with Crippen molar-refractivity contribution in [2.24, 2.45) is 0 Å². The summed E-state index contributed by atoms with van der Waals surface area (Å²) >= 11 is 0. The number of hydrogen-bond acceptors (Lipinski definition) is 10. The number of methoxy groups -OCH3 is 2. The van der Waals surface area contributed by atoms with Crippen molar-refractivity contribution in [3.8, 4) is 40.1 Å². The lowest BCUT2D eigenvalue weighted by Gasteiger charge is -2.18. The number of carbonyl (C=O) groups excluding carboxylic acids is 2. The molecule has 13 heteroatoms. The zero-order valence-corrected chi connectivity index (χ0v) is 26.3. The van der Waals surface area contributed by atoms with E-state index >= 15 is 0 Å². The Morgan fingerprint density at radius 2 is 1.67 bits per heavy atom. The predicted molar refractivity (Wildman–Crippen MR) is 177 cm³/mol. The zero-order chi connectivity index (χ0) is 34.5. The van der Waals surface area contributed by atoms with E-state index in [9.17, 15) is 24.3 Å². The molecule has 4 aromatic carbocycles. The van der Waals surface area contributed by atoms with Gasteiger partial charge in [0.05, 0.1) is 14.2 Å². The fourth-order valence-corrected chi connectivity index (χ4v) is 5.29. The summed E-state index contributed by atoms with van der Waals surface area (Å²) in [7, 11) is 2.73. The SMILES string of the molecule is COc1cc2oc(-c3cccc(NC(=O)c4ccc5c(c4)OCO5)c3)cc(=O)c2c(OCC(=O)N[C@@H](Cc2ccccc2)C(=O)O)c1OC. The van der Waals surface area contributed by atoms with Gasteiger partial charge in [-0.25, -0.2) is 4.79 Å². The fourth-order valence-electron chi connectivity index (χ4n) is 5.29. The molecule has 0 saturated heterocycles. The molecule has 49 heavy (non-hydrogen) atoms. The normalized spacial score (nSPS) is 12.2. The van der Waals surface area contributed by atoms with Gasteiger partial charge in [0.25, 0.3) is 11.8 Å². The van der Waals surface area contributed by atoms with Crippen LogP contribution in [0.1, 0.15) is 15.9 Å². The van der Waals surface area contributed by atoms with E-state index in [0.717, 1.165) is 5.56 Å². The summed E-state index contributed by atoms with van der Waals surface area (Å²) < 4.78 is 33.5. The summed E-state index contributed by atoms with van der Waals surface area (Å²) in [6.07, 6.45) is 0.0585. The maximum absolute atomic E-state index is 13.6. The number of fused-ring (bicyclic) bond motifs is 2. The molecule has 2 amide bonds. The van der Waals surface area contributed by atoms with Gasteiger partial charge in [-0.15, -0.1) is 0 Å². The monoisotopic (exact) mass is 666 g/mol. The Morgan fingerprint density at radius 3 is 2.43 bits per heavy atom. The van der Waals surface area contributed by atoms with Crippen molar-refractivity contribution in [3.05, 3.63) is 106 Å². The molecule has 1 aliphatic heterocycles. The van der Waals surface area contributed by atoms with Gasteiger partial charge in [-0.05, 0) is 35.9 Å². The number of rotatable bonds is 12. The number of carbonyl (C=O) groups is 3. The smallest absolute Gasteiger partial charge is 0.326 e. The van der Waals surface area contributed by atoms with E-state index < -0.39 is 30.0 Å². The molecule has 0 aliphatic carbocycles. The molecule has 250 valence electrons. The van der Waals surface area contributed by atoms with Gasteiger partial charge in [0.15, 0.2) is 35.0 Å². The molecule has 0 spiro atoms. The summed E-state index contributed by atoms with van der Waals surface area (Å²) in [5.74, 6) is -1.05. The van der Waals surface area contributed by atoms with Crippen LogP contribution < -0.4 is 39.7 Å². The number of carboxylic acid groups (broad SMARTS) is 1. The quantitative estimate of drug-likeness (QED) is 0.169. The molecule has 0 fully saturated rings. The van der Waals surface area contributed by atoms with Crippen molar-refractivity contribution in [1.29, 1.82) is 0 Å². The lowest BCUT2D eigenvalue weighted by Crippen LogP contribution is -2.44. The molecular formula is C36H30N2O11. The highest BCUT2D eigenvalue weighted by molar-refractivity contribution is 6.05. The van der Waals surface area contributed by atoms with Crippen LogP contribution in [0.4, 0.5) is 5.69 Å². The van der Waals surface area contributed by atoms with Gasteiger partial charge in [-0.2, -0.15) is 0 Å².